The van der Waals surface area contributed by atoms with Gasteiger partial charge in [0.1, 0.15) is 0 Å². The molecule has 1 rings (SSSR count). The lowest BCUT2D eigenvalue weighted by Gasteiger charge is -2.43. The van der Waals surface area contributed by atoms with Crippen LogP contribution >= 0.6 is 0 Å². The first-order valence-corrected chi connectivity index (χ1v) is 7.14. The Labute approximate surface area is 112 Å². The average Bonchev–Trinajstić information content (AvgIpc) is 2.38. The average molecular weight is 258 g/mol. The van der Waals surface area contributed by atoms with E-state index in [1.807, 2.05) is 7.05 Å². The van der Waals surface area contributed by atoms with Crippen molar-refractivity contribution in [2.45, 2.75) is 57.2 Å². The molecule has 108 valence electrons. The van der Waals surface area contributed by atoms with E-state index in [-0.39, 0.29) is 12.1 Å². The van der Waals surface area contributed by atoms with Gasteiger partial charge in [0, 0.05) is 18.1 Å². The fourth-order valence-electron chi connectivity index (χ4n) is 2.77. The van der Waals surface area contributed by atoms with Crippen molar-refractivity contribution in [3.63, 3.8) is 0 Å². The zero-order chi connectivity index (χ0) is 13.6. The molecule has 0 aliphatic heterocycles. The van der Waals surface area contributed by atoms with Gasteiger partial charge < -0.3 is 20.1 Å². The minimum atomic E-state index is -0.0733. The largest absolute Gasteiger partial charge is 0.394 e. The third-order valence-corrected chi connectivity index (χ3v) is 4.17. The van der Waals surface area contributed by atoms with E-state index in [0.29, 0.717) is 12.1 Å². The van der Waals surface area contributed by atoms with Gasteiger partial charge in [0.15, 0.2) is 0 Å². The van der Waals surface area contributed by atoms with Crippen LogP contribution in [0.4, 0.5) is 0 Å². The molecule has 0 heterocycles. The minimum Gasteiger partial charge on any atom is -0.394 e. The molecular formula is C14H30N2O2. The summed E-state index contributed by atoms with van der Waals surface area (Å²) in [6, 6.07) is 0.550. The number of hydrogen-bond donors (Lipinski definition) is 2. The molecule has 0 spiro atoms. The van der Waals surface area contributed by atoms with E-state index in [1.54, 1.807) is 0 Å². The first-order chi connectivity index (χ1) is 8.53. The molecule has 4 heteroatoms. The van der Waals surface area contributed by atoms with Crippen molar-refractivity contribution in [2.24, 2.45) is 0 Å². The van der Waals surface area contributed by atoms with Crippen molar-refractivity contribution >= 4 is 0 Å². The summed E-state index contributed by atoms with van der Waals surface area (Å²) in [5.74, 6) is 0. The third-order valence-electron chi connectivity index (χ3n) is 4.17. The van der Waals surface area contributed by atoms with E-state index in [9.17, 15) is 5.11 Å². The summed E-state index contributed by atoms with van der Waals surface area (Å²) < 4.78 is 5.60. The molecule has 0 saturated heterocycles. The zero-order valence-corrected chi connectivity index (χ0v) is 12.4. The predicted octanol–water partition coefficient (Wildman–Crippen LogP) is 1.24. The molecule has 2 atom stereocenters. The molecule has 0 bridgehead atoms. The van der Waals surface area contributed by atoms with E-state index < -0.39 is 0 Å². The van der Waals surface area contributed by atoms with Crippen molar-refractivity contribution in [3.8, 4) is 0 Å². The van der Waals surface area contributed by atoms with E-state index >= 15 is 0 Å². The molecule has 0 amide bonds. The molecule has 1 saturated carbocycles. The second-order valence-corrected chi connectivity index (χ2v) is 5.84. The molecule has 1 aliphatic rings. The Balaban J connectivity index is 2.40. The van der Waals surface area contributed by atoms with Crippen molar-refractivity contribution in [1.29, 1.82) is 0 Å². The highest BCUT2D eigenvalue weighted by Gasteiger charge is 2.35. The van der Waals surface area contributed by atoms with Crippen molar-refractivity contribution in [1.82, 2.24) is 10.2 Å². The minimum absolute atomic E-state index is 0.0733. The SMILES string of the molecule is CNC1(CO)CCCC(N(C)CCOC(C)C)C1. The summed E-state index contributed by atoms with van der Waals surface area (Å²) in [5.41, 5.74) is -0.0733. The number of rotatable bonds is 7. The van der Waals surface area contributed by atoms with Crippen molar-refractivity contribution < 1.29 is 9.84 Å². The summed E-state index contributed by atoms with van der Waals surface area (Å²) >= 11 is 0. The Hall–Kier alpha value is -0.160. The first kappa shape index (κ1) is 15.9. The predicted molar refractivity (Wildman–Crippen MR) is 74.9 cm³/mol. The lowest BCUT2D eigenvalue weighted by atomic mass is 9.79. The fourth-order valence-corrected chi connectivity index (χ4v) is 2.77. The molecule has 0 aromatic carbocycles. The number of likely N-dealkylation sites (N-methyl/N-ethyl adjacent to an activating group) is 2. The van der Waals surface area contributed by atoms with Gasteiger partial charge in [0.05, 0.1) is 19.3 Å². The number of aliphatic hydroxyl groups excluding tert-OH is 1. The van der Waals surface area contributed by atoms with Gasteiger partial charge in [-0.05, 0) is 53.6 Å². The molecule has 2 unspecified atom stereocenters. The van der Waals surface area contributed by atoms with E-state index in [4.69, 9.17) is 4.74 Å². The number of ether oxygens (including phenoxy) is 1. The van der Waals surface area contributed by atoms with Crippen LogP contribution in [0.15, 0.2) is 0 Å². The normalized spacial score (nSPS) is 29.2. The Morgan fingerprint density at radius 3 is 2.78 bits per heavy atom. The quantitative estimate of drug-likeness (QED) is 0.721. The van der Waals surface area contributed by atoms with Gasteiger partial charge in [0.2, 0.25) is 0 Å². The van der Waals surface area contributed by atoms with Gasteiger partial charge in [-0.3, -0.25) is 0 Å². The Morgan fingerprint density at radius 2 is 2.22 bits per heavy atom. The topological polar surface area (TPSA) is 44.7 Å². The summed E-state index contributed by atoms with van der Waals surface area (Å²) in [4.78, 5) is 2.38. The Kier molecular flexibility index (Phi) is 6.57. The number of nitrogens with one attached hydrogen (secondary N) is 1. The highest BCUT2D eigenvalue weighted by molar-refractivity contribution is 4.95. The molecule has 18 heavy (non-hydrogen) atoms. The van der Waals surface area contributed by atoms with Gasteiger partial charge in [0.25, 0.3) is 0 Å². The molecule has 0 radical (unpaired) electrons. The van der Waals surface area contributed by atoms with Gasteiger partial charge in [-0.1, -0.05) is 0 Å². The van der Waals surface area contributed by atoms with Crippen molar-refractivity contribution in [3.05, 3.63) is 0 Å². The first-order valence-electron chi connectivity index (χ1n) is 7.14. The van der Waals surface area contributed by atoms with Crippen LogP contribution < -0.4 is 5.32 Å². The van der Waals surface area contributed by atoms with E-state index in [2.05, 4.69) is 31.1 Å². The third kappa shape index (κ3) is 4.50. The maximum absolute atomic E-state index is 9.58. The molecule has 0 aromatic rings. The van der Waals surface area contributed by atoms with Crippen LogP contribution in [0.1, 0.15) is 39.5 Å². The summed E-state index contributed by atoms with van der Waals surface area (Å²) in [5, 5.41) is 12.9. The zero-order valence-electron chi connectivity index (χ0n) is 12.4. The molecule has 1 aliphatic carbocycles. The van der Waals surface area contributed by atoms with Gasteiger partial charge in [-0.25, -0.2) is 0 Å². The van der Waals surface area contributed by atoms with Gasteiger partial charge in [-0.15, -0.1) is 0 Å². The summed E-state index contributed by atoms with van der Waals surface area (Å²) in [6.07, 6.45) is 4.81. The van der Waals surface area contributed by atoms with Gasteiger partial charge in [-0.2, -0.15) is 0 Å². The maximum Gasteiger partial charge on any atom is 0.0613 e. The van der Waals surface area contributed by atoms with Crippen LogP contribution in [0.25, 0.3) is 0 Å². The highest BCUT2D eigenvalue weighted by atomic mass is 16.5. The molecule has 4 nitrogen and oxygen atoms in total. The molecule has 2 N–H and O–H groups in total. The van der Waals surface area contributed by atoms with E-state index in [1.165, 1.54) is 12.8 Å². The van der Waals surface area contributed by atoms with Crippen LogP contribution in [0.3, 0.4) is 0 Å². The maximum atomic E-state index is 9.58. The van der Waals surface area contributed by atoms with Gasteiger partial charge >= 0.3 is 0 Å². The fraction of sp³-hybridized carbons (Fsp3) is 1.00. The van der Waals surface area contributed by atoms with Crippen LogP contribution in [0, 0.1) is 0 Å². The number of nitrogens with zero attached hydrogens (tertiary/aromatic N) is 1. The van der Waals surface area contributed by atoms with Crippen molar-refractivity contribution in [2.75, 3.05) is 33.9 Å². The standard InChI is InChI=1S/C14H30N2O2/c1-12(2)18-9-8-16(4)13-6-5-7-14(10-13,11-17)15-3/h12-13,15,17H,5-11H2,1-4H3. The second kappa shape index (κ2) is 7.43. The summed E-state index contributed by atoms with van der Waals surface area (Å²) in [7, 11) is 4.12. The number of aliphatic hydroxyl groups is 1. The van der Waals surface area contributed by atoms with Crippen LogP contribution in [-0.4, -0.2) is 61.5 Å². The monoisotopic (exact) mass is 258 g/mol. The lowest BCUT2D eigenvalue weighted by molar-refractivity contribution is 0.0345. The molecule has 0 aromatic heterocycles. The van der Waals surface area contributed by atoms with Crippen LogP contribution in [0.2, 0.25) is 0 Å². The van der Waals surface area contributed by atoms with E-state index in [0.717, 1.165) is 26.0 Å². The molecule has 1 fully saturated rings. The molecular weight excluding hydrogens is 228 g/mol. The smallest absolute Gasteiger partial charge is 0.0613 e. The Morgan fingerprint density at radius 1 is 1.50 bits per heavy atom. The van der Waals surface area contributed by atoms with Crippen LogP contribution in [-0.2, 0) is 4.74 Å². The summed E-state index contributed by atoms with van der Waals surface area (Å²) in [6.45, 7) is 6.12. The Bertz CT molecular complexity index is 230. The number of hydrogen-bond acceptors (Lipinski definition) is 4. The lowest BCUT2D eigenvalue weighted by Crippen LogP contribution is -2.54. The highest BCUT2D eigenvalue weighted by Crippen LogP contribution is 2.30. The second-order valence-electron chi connectivity index (χ2n) is 5.84. The van der Waals surface area contributed by atoms with Crippen LogP contribution in [0.5, 0.6) is 0 Å².